The van der Waals surface area contributed by atoms with Gasteiger partial charge in [-0.2, -0.15) is 0 Å². The van der Waals surface area contributed by atoms with Gasteiger partial charge in [-0.05, 0) is 24.7 Å². The number of hydrogen-bond acceptors (Lipinski definition) is 3. The summed E-state index contributed by atoms with van der Waals surface area (Å²) in [4.78, 5) is 4.07. The molecule has 100 valence electrons. The maximum absolute atomic E-state index is 6.08. The number of aromatic nitrogens is 1. The first-order valence-electron chi connectivity index (χ1n) is 5.97. The summed E-state index contributed by atoms with van der Waals surface area (Å²) in [6.45, 7) is 3.65. The quantitative estimate of drug-likeness (QED) is 0.894. The summed E-state index contributed by atoms with van der Waals surface area (Å²) >= 11 is 12.0. The molecule has 0 fully saturated rings. The summed E-state index contributed by atoms with van der Waals surface area (Å²) in [6.07, 6.45) is 3.41. The Balaban J connectivity index is 2.25. The first-order chi connectivity index (χ1) is 9.20. The zero-order valence-electron chi connectivity index (χ0n) is 10.5. The minimum absolute atomic E-state index is 0.516. The Morgan fingerprint density at radius 1 is 1.21 bits per heavy atom. The van der Waals surface area contributed by atoms with E-state index >= 15 is 0 Å². The lowest BCUT2D eigenvalue weighted by Gasteiger charge is -2.12. The molecule has 1 heterocycles. The molecule has 0 radical (unpaired) electrons. The summed E-state index contributed by atoms with van der Waals surface area (Å²) in [6, 6.07) is 7.03. The minimum atomic E-state index is 0.516. The third-order valence-electron chi connectivity index (χ3n) is 2.55. The number of hydrogen-bond donors (Lipinski definition) is 1. The highest BCUT2D eigenvalue weighted by atomic mass is 35.5. The average molecular weight is 297 g/mol. The fourth-order valence-electron chi connectivity index (χ4n) is 1.58. The minimum Gasteiger partial charge on any atom is -0.454 e. The molecule has 0 saturated carbocycles. The maximum atomic E-state index is 6.08. The second-order valence-corrected chi connectivity index (χ2v) is 4.78. The van der Waals surface area contributed by atoms with Crippen molar-refractivity contribution in [2.45, 2.75) is 13.5 Å². The van der Waals surface area contributed by atoms with Crippen molar-refractivity contribution in [1.82, 2.24) is 10.3 Å². The average Bonchev–Trinajstić information content (AvgIpc) is 2.42. The van der Waals surface area contributed by atoms with Crippen LogP contribution in [-0.4, -0.2) is 11.5 Å². The third kappa shape index (κ3) is 3.83. The molecule has 1 aromatic heterocycles. The van der Waals surface area contributed by atoms with Crippen LogP contribution in [0.15, 0.2) is 36.7 Å². The van der Waals surface area contributed by atoms with Crippen LogP contribution in [0.4, 0.5) is 0 Å². The molecule has 1 aromatic carbocycles. The van der Waals surface area contributed by atoms with Crippen LogP contribution in [0.1, 0.15) is 12.5 Å². The molecule has 0 spiro atoms. The van der Waals surface area contributed by atoms with Crippen molar-refractivity contribution in [2.75, 3.05) is 6.54 Å². The molecule has 1 N–H and O–H groups in total. The Kier molecular flexibility index (Phi) is 5.02. The van der Waals surface area contributed by atoms with Crippen LogP contribution in [0, 0.1) is 0 Å². The van der Waals surface area contributed by atoms with Gasteiger partial charge in [0.25, 0.3) is 0 Å². The number of rotatable bonds is 5. The van der Waals surface area contributed by atoms with Gasteiger partial charge in [0.1, 0.15) is 11.5 Å². The molecule has 5 heteroatoms. The topological polar surface area (TPSA) is 34.2 Å². The summed E-state index contributed by atoms with van der Waals surface area (Å²) < 4.78 is 5.80. The largest absolute Gasteiger partial charge is 0.454 e. The van der Waals surface area contributed by atoms with Gasteiger partial charge in [-0.1, -0.05) is 30.1 Å². The van der Waals surface area contributed by atoms with Gasteiger partial charge in [0.05, 0.1) is 11.2 Å². The van der Waals surface area contributed by atoms with Crippen molar-refractivity contribution < 1.29 is 4.74 Å². The van der Waals surface area contributed by atoms with E-state index in [4.69, 9.17) is 27.9 Å². The van der Waals surface area contributed by atoms with Crippen LogP contribution < -0.4 is 10.1 Å². The Hall–Kier alpha value is -1.29. The van der Waals surface area contributed by atoms with Gasteiger partial charge in [0.15, 0.2) is 0 Å². The van der Waals surface area contributed by atoms with Crippen LogP contribution in [0.3, 0.4) is 0 Å². The molecule has 0 amide bonds. The van der Waals surface area contributed by atoms with Crippen LogP contribution in [-0.2, 0) is 6.54 Å². The fourth-order valence-corrected chi connectivity index (χ4v) is 1.90. The van der Waals surface area contributed by atoms with Crippen molar-refractivity contribution in [3.63, 3.8) is 0 Å². The van der Waals surface area contributed by atoms with Crippen molar-refractivity contribution in [2.24, 2.45) is 0 Å². The van der Waals surface area contributed by atoms with Gasteiger partial charge in [-0.15, -0.1) is 0 Å². The van der Waals surface area contributed by atoms with Crippen LogP contribution in [0.2, 0.25) is 10.0 Å². The van der Waals surface area contributed by atoms with E-state index in [1.807, 2.05) is 6.07 Å². The van der Waals surface area contributed by atoms with Crippen LogP contribution >= 0.6 is 23.2 Å². The van der Waals surface area contributed by atoms with E-state index in [1.165, 1.54) is 0 Å². The summed E-state index contributed by atoms with van der Waals surface area (Å²) in [5.74, 6) is 1.20. The predicted molar refractivity (Wildman–Crippen MR) is 78.2 cm³/mol. The third-order valence-corrected chi connectivity index (χ3v) is 3.10. The van der Waals surface area contributed by atoms with Crippen LogP contribution in [0.25, 0.3) is 0 Å². The van der Waals surface area contributed by atoms with Crippen LogP contribution in [0.5, 0.6) is 11.5 Å². The number of nitrogens with zero attached hydrogens (tertiary/aromatic N) is 1. The number of nitrogens with one attached hydrogen (secondary N) is 1. The molecule has 3 nitrogen and oxygen atoms in total. The molecule has 0 atom stereocenters. The second kappa shape index (κ2) is 6.75. The smallest absolute Gasteiger partial charge is 0.150 e. The fraction of sp³-hybridized carbons (Fsp3) is 0.214. The van der Waals surface area contributed by atoms with E-state index in [0.29, 0.717) is 28.1 Å². The van der Waals surface area contributed by atoms with E-state index in [1.54, 1.807) is 30.6 Å². The molecule has 0 aliphatic rings. The molecule has 2 aromatic rings. The first kappa shape index (κ1) is 14.1. The Morgan fingerprint density at radius 2 is 2.05 bits per heavy atom. The van der Waals surface area contributed by atoms with E-state index in [0.717, 1.165) is 12.1 Å². The first-order valence-corrected chi connectivity index (χ1v) is 6.73. The zero-order chi connectivity index (χ0) is 13.7. The normalized spacial score (nSPS) is 10.5. The zero-order valence-corrected chi connectivity index (χ0v) is 12.0. The van der Waals surface area contributed by atoms with Gasteiger partial charge in [0, 0.05) is 29.4 Å². The van der Waals surface area contributed by atoms with Crippen molar-refractivity contribution in [1.29, 1.82) is 0 Å². The molecular weight excluding hydrogens is 283 g/mol. The van der Waals surface area contributed by atoms with Gasteiger partial charge >= 0.3 is 0 Å². The predicted octanol–water partition coefficient (Wildman–Crippen LogP) is 4.29. The number of pyridine rings is 1. The summed E-state index contributed by atoms with van der Waals surface area (Å²) in [5.41, 5.74) is 1.02. The monoisotopic (exact) mass is 296 g/mol. The van der Waals surface area contributed by atoms with Gasteiger partial charge in [-0.25, -0.2) is 0 Å². The second-order valence-electron chi connectivity index (χ2n) is 3.94. The lowest BCUT2D eigenvalue weighted by Crippen LogP contribution is -2.12. The van der Waals surface area contributed by atoms with E-state index < -0.39 is 0 Å². The Labute approximate surface area is 122 Å². The van der Waals surface area contributed by atoms with E-state index in [9.17, 15) is 0 Å². The molecule has 2 rings (SSSR count). The summed E-state index contributed by atoms with van der Waals surface area (Å²) in [7, 11) is 0. The lowest BCUT2D eigenvalue weighted by atomic mass is 10.2. The SMILES string of the molecule is CCNCc1ccncc1Oc1cc(Cl)ccc1Cl. The molecule has 0 saturated heterocycles. The molecule has 19 heavy (non-hydrogen) atoms. The highest BCUT2D eigenvalue weighted by molar-refractivity contribution is 6.34. The number of ether oxygens (including phenoxy) is 1. The van der Waals surface area contributed by atoms with Gasteiger partial charge in [0.2, 0.25) is 0 Å². The standard InChI is InChI=1S/C14H14Cl2N2O/c1-2-17-8-10-5-6-18-9-14(10)19-13-7-11(15)3-4-12(13)16/h3-7,9,17H,2,8H2,1H3. The maximum Gasteiger partial charge on any atom is 0.150 e. The molecule has 0 bridgehead atoms. The molecule has 0 aliphatic heterocycles. The van der Waals surface area contributed by atoms with Crippen molar-refractivity contribution >= 4 is 23.2 Å². The van der Waals surface area contributed by atoms with Crippen molar-refractivity contribution in [3.05, 3.63) is 52.3 Å². The molecular formula is C14H14Cl2N2O. The summed E-state index contributed by atoms with van der Waals surface area (Å²) in [5, 5.41) is 4.35. The molecule has 0 aliphatic carbocycles. The Bertz CT molecular complexity index is 561. The van der Waals surface area contributed by atoms with E-state index in [2.05, 4.69) is 17.2 Å². The van der Waals surface area contributed by atoms with E-state index in [-0.39, 0.29) is 0 Å². The number of halogens is 2. The van der Waals surface area contributed by atoms with Crippen molar-refractivity contribution in [3.8, 4) is 11.5 Å². The van der Waals surface area contributed by atoms with Gasteiger partial charge in [-0.3, -0.25) is 4.98 Å². The highest BCUT2D eigenvalue weighted by Crippen LogP contribution is 2.32. The number of benzene rings is 1. The highest BCUT2D eigenvalue weighted by Gasteiger charge is 2.08. The Morgan fingerprint density at radius 3 is 2.84 bits per heavy atom. The lowest BCUT2D eigenvalue weighted by molar-refractivity contribution is 0.471. The van der Waals surface area contributed by atoms with Gasteiger partial charge < -0.3 is 10.1 Å². The molecule has 0 unspecified atom stereocenters.